The molecular formula is C15H24ClN3O2S. The fraction of sp³-hybridized carbons (Fsp3) is 0.667. The molecule has 1 rings (SSSR count). The highest BCUT2D eigenvalue weighted by atomic mass is 35.5. The van der Waals surface area contributed by atoms with Crippen LogP contribution in [-0.4, -0.2) is 40.7 Å². The first kappa shape index (κ1) is 18.9. The van der Waals surface area contributed by atoms with Gasteiger partial charge in [-0.05, 0) is 25.7 Å². The van der Waals surface area contributed by atoms with Gasteiger partial charge in [0.25, 0.3) is 0 Å². The molecule has 0 unspecified atom stereocenters. The Balaban J connectivity index is 2.57. The first-order valence-corrected chi connectivity index (χ1v) is 8.89. The molecule has 5 nitrogen and oxygen atoms in total. The number of nitrogens with one attached hydrogen (secondary N) is 1. The highest BCUT2D eigenvalue weighted by Gasteiger charge is 2.17. The van der Waals surface area contributed by atoms with Gasteiger partial charge in [-0.2, -0.15) is 0 Å². The number of halogens is 1. The number of anilines is 1. The third kappa shape index (κ3) is 7.22. The number of rotatable bonds is 9. The van der Waals surface area contributed by atoms with Crippen molar-refractivity contribution in [2.45, 2.75) is 40.0 Å². The smallest absolute Gasteiger partial charge is 0.245 e. The molecule has 1 aromatic rings. The zero-order valence-corrected chi connectivity index (χ0v) is 15.0. The van der Waals surface area contributed by atoms with E-state index in [1.54, 1.807) is 4.90 Å². The van der Waals surface area contributed by atoms with Gasteiger partial charge in [-0.15, -0.1) is 22.9 Å². The van der Waals surface area contributed by atoms with Gasteiger partial charge in [-0.1, -0.05) is 13.8 Å². The van der Waals surface area contributed by atoms with Crippen LogP contribution in [0.25, 0.3) is 0 Å². The Labute approximate surface area is 141 Å². The summed E-state index contributed by atoms with van der Waals surface area (Å²) in [5.41, 5.74) is 0.871. The monoisotopic (exact) mass is 345 g/mol. The van der Waals surface area contributed by atoms with Crippen LogP contribution in [0.1, 0.15) is 38.8 Å². The minimum Gasteiger partial charge on any atom is -0.333 e. The van der Waals surface area contributed by atoms with Crippen LogP contribution in [0.2, 0.25) is 0 Å². The van der Waals surface area contributed by atoms with Crippen molar-refractivity contribution < 1.29 is 9.59 Å². The summed E-state index contributed by atoms with van der Waals surface area (Å²) < 4.78 is 0. The molecule has 124 valence electrons. The van der Waals surface area contributed by atoms with Crippen molar-refractivity contribution in [3.05, 3.63) is 11.1 Å². The van der Waals surface area contributed by atoms with Crippen molar-refractivity contribution >= 4 is 39.9 Å². The van der Waals surface area contributed by atoms with E-state index in [1.807, 2.05) is 12.3 Å². The maximum Gasteiger partial charge on any atom is 0.245 e. The van der Waals surface area contributed by atoms with Gasteiger partial charge in [0.2, 0.25) is 11.8 Å². The summed E-state index contributed by atoms with van der Waals surface area (Å²) in [6.07, 6.45) is 1.88. The molecule has 1 heterocycles. The van der Waals surface area contributed by atoms with E-state index in [-0.39, 0.29) is 18.4 Å². The number of carbonyl (C=O) groups is 2. The normalized spacial score (nSPS) is 10.8. The topological polar surface area (TPSA) is 62.3 Å². The zero-order chi connectivity index (χ0) is 16.5. The fourth-order valence-corrected chi connectivity index (χ4v) is 2.66. The Kier molecular flexibility index (Phi) is 8.42. The lowest BCUT2D eigenvalue weighted by atomic mass is 10.1. The molecule has 22 heavy (non-hydrogen) atoms. The molecule has 0 bridgehead atoms. The van der Waals surface area contributed by atoms with E-state index >= 15 is 0 Å². The van der Waals surface area contributed by atoms with Crippen molar-refractivity contribution in [1.82, 2.24) is 9.88 Å². The van der Waals surface area contributed by atoms with Gasteiger partial charge in [-0.3, -0.25) is 9.59 Å². The van der Waals surface area contributed by atoms with Crippen molar-refractivity contribution in [1.29, 1.82) is 0 Å². The lowest BCUT2D eigenvalue weighted by molar-refractivity contribution is -0.134. The molecular weight excluding hydrogens is 322 g/mol. The number of hydrogen-bond donors (Lipinski definition) is 1. The molecule has 0 radical (unpaired) electrons. The second kappa shape index (κ2) is 9.79. The highest BCUT2D eigenvalue weighted by Crippen LogP contribution is 2.14. The standard InChI is InChI=1S/C15H24ClN3O2S/c1-11(2)6-8-19(14(21)5-4-7-16)9-13(20)18-15-17-12(3)10-22-15/h10-11H,4-9H2,1-3H3,(H,17,18,20). The lowest BCUT2D eigenvalue weighted by Gasteiger charge is -2.23. The highest BCUT2D eigenvalue weighted by molar-refractivity contribution is 7.13. The first-order chi connectivity index (χ1) is 10.4. The molecule has 0 aromatic carbocycles. The fourth-order valence-electron chi connectivity index (χ4n) is 1.83. The molecule has 0 saturated carbocycles. The van der Waals surface area contributed by atoms with E-state index in [9.17, 15) is 9.59 Å². The van der Waals surface area contributed by atoms with Gasteiger partial charge in [0, 0.05) is 24.2 Å². The van der Waals surface area contributed by atoms with Crippen molar-refractivity contribution in [3.8, 4) is 0 Å². The quantitative estimate of drug-likeness (QED) is 0.698. The van der Waals surface area contributed by atoms with E-state index < -0.39 is 0 Å². The van der Waals surface area contributed by atoms with Crippen LogP contribution >= 0.6 is 22.9 Å². The summed E-state index contributed by atoms with van der Waals surface area (Å²) in [6, 6.07) is 0. The maximum absolute atomic E-state index is 12.2. The second-order valence-corrected chi connectivity index (χ2v) is 6.87. The zero-order valence-electron chi connectivity index (χ0n) is 13.4. The van der Waals surface area contributed by atoms with Crippen LogP contribution in [0.15, 0.2) is 5.38 Å². The minimum atomic E-state index is -0.211. The van der Waals surface area contributed by atoms with Gasteiger partial charge >= 0.3 is 0 Å². The number of aromatic nitrogens is 1. The molecule has 7 heteroatoms. The van der Waals surface area contributed by atoms with Gasteiger partial charge in [-0.25, -0.2) is 4.98 Å². The predicted molar refractivity (Wildman–Crippen MR) is 91.5 cm³/mol. The van der Waals surface area contributed by atoms with E-state index in [4.69, 9.17) is 11.6 Å². The molecule has 0 aliphatic heterocycles. The van der Waals surface area contributed by atoms with E-state index in [1.165, 1.54) is 11.3 Å². The predicted octanol–water partition coefficient (Wildman–Crippen LogP) is 3.28. The van der Waals surface area contributed by atoms with E-state index in [0.29, 0.717) is 36.3 Å². The summed E-state index contributed by atoms with van der Waals surface area (Å²) in [5.74, 6) is 0.700. The molecule has 0 fully saturated rings. The van der Waals surface area contributed by atoms with Crippen molar-refractivity contribution in [2.24, 2.45) is 5.92 Å². The molecule has 1 N–H and O–H groups in total. The van der Waals surface area contributed by atoms with Crippen LogP contribution in [0.5, 0.6) is 0 Å². The summed E-state index contributed by atoms with van der Waals surface area (Å²) in [4.78, 5) is 30.1. The number of thiazole rings is 1. The molecule has 0 atom stereocenters. The van der Waals surface area contributed by atoms with Gasteiger partial charge in [0.1, 0.15) is 0 Å². The molecule has 0 spiro atoms. The number of nitrogens with zero attached hydrogens (tertiary/aromatic N) is 2. The van der Waals surface area contributed by atoms with Gasteiger partial charge in [0.05, 0.1) is 12.2 Å². The van der Waals surface area contributed by atoms with Crippen LogP contribution in [0.3, 0.4) is 0 Å². The van der Waals surface area contributed by atoms with Crippen LogP contribution in [0, 0.1) is 12.8 Å². The van der Waals surface area contributed by atoms with E-state index in [0.717, 1.165) is 12.1 Å². The number of carbonyl (C=O) groups excluding carboxylic acids is 2. The Hall–Kier alpha value is -1.14. The maximum atomic E-state index is 12.2. The average molecular weight is 346 g/mol. The second-order valence-electron chi connectivity index (χ2n) is 5.63. The van der Waals surface area contributed by atoms with Crippen LogP contribution in [0.4, 0.5) is 5.13 Å². The molecule has 0 aliphatic rings. The molecule has 0 aliphatic carbocycles. The summed E-state index contributed by atoms with van der Waals surface area (Å²) in [7, 11) is 0. The number of amides is 2. The average Bonchev–Trinajstić information content (AvgIpc) is 2.85. The Morgan fingerprint density at radius 1 is 1.45 bits per heavy atom. The Morgan fingerprint density at radius 2 is 2.18 bits per heavy atom. The van der Waals surface area contributed by atoms with Crippen LogP contribution < -0.4 is 5.32 Å². The summed E-state index contributed by atoms with van der Waals surface area (Å²) in [6.45, 7) is 6.71. The number of alkyl halides is 1. The minimum absolute atomic E-state index is 0.0215. The van der Waals surface area contributed by atoms with Gasteiger partial charge < -0.3 is 10.2 Å². The largest absolute Gasteiger partial charge is 0.333 e. The van der Waals surface area contributed by atoms with Crippen LogP contribution in [-0.2, 0) is 9.59 Å². The summed E-state index contributed by atoms with van der Waals surface area (Å²) in [5, 5.41) is 5.18. The SMILES string of the molecule is Cc1csc(NC(=O)CN(CCC(C)C)C(=O)CCCCl)n1. The van der Waals surface area contributed by atoms with Crippen molar-refractivity contribution in [3.63, 3.8) is 0 Å². The third-order valence-electron chi connectivity index (χ3n) is 3.05. The molecule has 0 saturated heterocycles. The number of aryl methyl sites for hydroxylation is 1. The molecule has 2 amide bonds. The summed E-state index contributed by atoms with van der Waals surface area (Å²) >= 11 is 7.02. The van der Waals surface area contributed by atoms with E-state index in [2.05, 4.69) is 24.1 Å². The van der Waals surface area contributed by atoms with Crippen molar-refractivity contribution in [2.75, 3.05) is 24.3 Å². The Morgan fingerprint density at radius 3 is 2.73 bits per heavy atom. The lowest BCUT2D eigenvalue weighted by Crippen LogP contribution is -2.39. The Bertz CT molecular complexity index is 491. The third-order valence-corrected chi connectivity index (χ3v) is 4.20. The van der Waals surface area contributed by atoms with Gasteiger partial charge in [0.15, 0.2) is 5.13 Å². The first-order valence-electron chi connectivity index (χ1n) is 7.48. The number of hydrogen-bond acceptors (Lipinski definition) is 4. The molecule has 1 aromatic heterocycles.